The molecule has 8 heteroatoms. The molecule has 2 heterocycles. The number of β-amino-alcohol motifs (C(OH)–C–C–N with tert-alkyl or cyclic N) is 1. The van der Waals surface area contributed by atoms with E-state index < -0.39 is 6.10 Å². The first kappa shape index (κ1) is 26.1. The van der Waals surface area contributed by atoms with Crippen LogP contribution in [0.5, 0.6) is 0 Å². The van der Waals surface area contributed by atoms with Gasteiger partial charge < -0.3 is 24.2 Å². The summed E-state index contributed by atoms with van der Waals surface area (Å²) in [6, 6.07) is 7.76. The molecule has 0 bridgehead atoms. The number of morpholine rings is 2. The summed E-state index contributed by atoms with van der Waals surface area (Å²) < 4.78 is 17.0. The lowest BCUT2D eigenvalue weighted by atomic mass is 10.1. The van der Waals surface area contributed by atoms with E-state index in [0.29, 0.717) is 45.0 Å². The Hall–Kier alpha value is -1.55. The Bertz CT molecular complexity index is 708. The molecule has 1 amide bonds. The van der Waals surface area contributed by atoms with E-state index in [1.165, 1.54) is 0 Å². The Kier molecular flexibility index (Phi) is 10.6. The van der Waals surface area contributed by atoms with Gasteiger partial charge in [0.1, 0.15) is 0 Å². The SMILES string of the molecule is Cc1ccc(C(=O)N(CCN2CCOCC2)C[C@@H]2CN(C[C@H](O)COC(C)C)CCO2)cc1. The van der Waals surface area contributed by atoms with Crippen LogP contribution in [0.25, 0.3) is 0 Å². The minimum Gasteiger partial charge on any atom is -0.389 e. The van der Waals surface area contributed by atoms with E-state index >= 15 is 0 Å². The maximum atomic E-state index is 13.4. The van der Waals surface area contributed by atoms with Crippen molar-refractivity contribution < 1.29 is 24.1 Å². The topological polar surface area (TPSA) is 74.7 Å². The van der Waals surface area contributed by atoms with Crippen LogP contribution in [0.15, 0.2) is 24.3 Å². The number of nitrogens with zero attached hydrogens (tertiary/aromatic N) is 3. The first-order valence-corrected chi connectivity index (χ1v) is 12.2. The molecule has 0 aliphatic carbocycles. The number of carbonyl (C=O) groups is 1. The van der Waals surface area contributed by atoms with Gasteiger partial charge >= 0.3 is 0 Å². The second kappa shape index (κ2) is 13.4. The van der Waals surface area contributed by atoms with Gasteiger partial charge in [-0.2, -0.15) is 0 Å². The second-order valence-electron chi connectivity index (χ2n) is 9.36. The van der Waals surface area contributed by atoms with Crippen molar-refractivity contribution in [3.63, 3.8) is 0 Å². The number of amides is 1. The van der Waals surface area contributed by atoms with Crippen molar-refractivity contribution in [1.29, 1.82) is 0 Å². The monoisotopic (exact) mass is 463 g/mol. The van der Waals surface area contributed by atoms with Crippen LogP contribution in [0.1, 0.15) is 29.8 Å². The number of rotatable bonds is 11. The number of aliphatic hydroxyl groups is 1. The number of aliphatic hydroxyl groups excluding tert-OH is 1. The Morgan fingerprint density at radius 1 is 1.15 bits per heavy atom. The Labute approximate surface area is 198 Å². The summed E-state index contributed by atoms with van der Waals surface area (Å²) in [6.07, 6.45) is -0.515. The zero-order chi connectivity index (χ0) is 23.6. The van der Waals surface area contributed by atoms with Crippen molar-refractivity contribution in [2.75, 3.05) is 78.8 Å². The maximum Gasteiger partial charge on any atom is 0.253 e. The van der Waals surface area contributed by atoms with Gasteiger partial charge in [0.25, 0.3) is 5.91 Å². The second-order valence-corrected chi connectivity index (χ2v) is 9.36. The normalized spacial score (nSPS) is 21.3. The molecule has 186 valence electrons. The number of aryl methyl sites for hydroxylation is 1. The van der Waals surface area contributed by atoms with Gasteiger partial charge in [0.05, 0.1) is 44.7 Å². The Morgan fingerprint density at radius 2 is 1.85 bits per heavy atom. The minimum atomic E-state index is -0.530. The van der Waals surface area contributed by atoms with Crippen LogP contribution in [0.2, 0.25) is 0 Å². The third-order valence-electron chi connectivity index (χ3n) is 6.11. The van der Waals surface area contributed by atoms with Crippen LogP contribution in [0, 0.1) is 6.92 Å². The molecule has 2 fully saturated rings. The molecular weight excluding hydrogens is 422 g/mol. The average Bonchev–Trinajstić information content (AvgIpc) is 2.81. The molecule has 1 aromatic carbocycles. The van der Waals surface area contributed by atoms with E-state index in [1.807, 2.05) is 49.9 Å². The fourth-order valence-electron chi connectivity index (χ4n) is 4.20. The van der Waals surface area contributed by atoms with Crippen molar-refractivity contribution in [2.45, 2.75) is 39.1 Å². The average molecular weight is 464 g/mol. The molecule has 1 N–H and O–H groups in total. The number of hydrogen-bond acceptors (Lipinski definition) is 7. The largest absolute Gasteiger partial charge is 0.389 e. The molecule has 3 rings (SSSR count). The summed E-state index contributed by atoms with van der Waals surface area (Å²) in [4.78, 5) is 19.8. The number of ether oxygens (including phenoxy) is 3. The summed E-state index contributed by atoms with van der Waals surface area (Å²) in [7, 11) is 0. The molecule has 8 nitrogen and oxygen atoms in total. The van der Waals surface area contributed by atoms with E-state index in [4.69, 9.17) is 14.2 Å². The zero-order valence-corrected chi connectivity index (χ0v) is 20.4. The highest BCUT2D eigenvalue weighted by atomic mass is 16.5. The third kappa shape index (κ3) is 8.96. The van der Waals surface area contributed by atoms with Gasteiger partial charge in [0.15, 0.2) is 0 Å². The first-order chi connectivity index (χ1) is 15.9. The number of carbonyl (C=O) groups excluding carboxylic acids is 1. The van der Waals surface area contributed by atoms with Crippen molar-refractivity contribution in [3.8, 4) is 0 Å². The lowest BCUT2D eigenvalue weighted by Crippen LogP contribution is -2.52. The van der Waals surface area contributed by atoms with Crippen LogP contribution in [0.4, 0.5) is 0 Å². The summed E-state index contributed by atoms with van der Waals surface area (Å²) >= 11 is 0. The predicted molar refractivity (Wildman–Crippen MR) is 128 cm³/mol. The van der Waals surface area contributed by atoms with Crippen LogP contribution in [-0.2, 0) is 14.2 Å². The highest BCUT2D eigenvalue weighted by Crippen LogP contribution is 2.13. The number of benzene rings is 1. The van der Waals surface area contributed by atoms with Crippen LogP contribution in [-0.4, -0.2) is 123 Å². The van der Waals surface area contributed by atoms with Gasteiger partial charge in [-0.1, -0.05) is 17.7 Å². The quantitative estimate of drug-likeness (QED) is 0.530. The minimum absolute atomic E-state index is 0.0364. The van der Waals surface area contributed by atoms with Crippen molar-refractivity contribution in [2.24, 2.45) is 0 Å². The van der Waals surface area contributed by atoms with Crippen LogP contribution < -0.4 is 0 Å². The van der Waals surface area contributed by atoms with E-state index in [2.05, 4.69) is 9.80 Å². The molecule has 2 aliphatic rings. The highest BCUT2D eigenvalue weighted by molar-refractivity contribution is 5.94. The molecule has 0 spiro atoms. The molecular formula is C25H41N3O5. The number of hydrogen-bond donors (Lipinski definition) is 1. The van der Waals surface area contributed by atoms with Crippen LogP contribution >= 0.6 is 0 Å². The molecule has 2 atom stereocenters. The van der Waals surface area contributed by atoms with E-state index in [-0.39, 0.29) is 18.1 Å². The smallest absolute Gasteiger partial charge is 0.253 e. The first-order valence-electron chi connectivity index (χ1n) is 12.2. The van der Waals surface area contributed by atoms with E-state index in [9.17, 15) is 9.90 Å². The van der Waals surface area contributed by atoms with Gasteiger partial charge in [-0.3, -0.25) is 14.6 Å². The van der Waals surface area contributed by atoms with Gasteiger partial charge in [-0.15, -0.1) is 0 Å². The van der Waals surface area contributed by atoms with Gasteiger partial charge in [0.2, 0.25) is 0 Å². The van der Waals surface area contributed by atoms with Crippen LogP contribution in [0.3, 0.4) is 0 Å². The molecule has 0 saturated carbocycles. The molecule has 2 aliphatic heterocycles. The van der Waals surface area contributed by atoms with Gasteiger partial charge in [-0.25, -0.2) is 0 Å². The highest BCUT2D eigenvalue weighted by Gasteiger charge is 2.27. The summed E-state index contributed by atoms with van der Waals surface area (Å²) in [6.45, 7) is 14.2. The Morgan fingerprint density at radius 3 is 2.55 bits per heavy atom. The van der Waals surface area contributed by atoms with Crippen molar-refractivity contribution >= 4 is 5.91 Å². The molecule has 0 radical (unpaired) electrons. The Balaban J connectivity index is 1.58. The summed E-state index contributed by atoms with van der Waals surface area (Å²) in [5, 5.41) is 10.3. The molecule has 0 unspecified atom stereocenters. The lowest BCUT2D eigenvalue weighted by Gasteiger charge is -2.37. The zero-order valence-electron chi connectivity index (χ0n) is 20.4. The third-order valence-corrected chi connectivity index (χ3v) is 6.11. The van der Waals surface area contributed by atoms with Gasteiger partial charge in [0, 0.05) is 57.9 Å². The molecule has 0 aromatic heterocycles. The van der Waals surface area contributed by atoms with Crippen molar-refractivity contribution in [1.82, 2.24) is 14.7 Å². The maximum absolute atomic E-state index is 13.4. The molecule has 1 aromatic rings. The summed E-state index contributed by atoms with van der Waals surface area (Å²) in [5.74, 6) is 0.0364. The fraction of sp³-hybridized carbons (Fsp3) is 0.720. The summed E-state index contributed by atoms with van der Waals surface area (Å²) in [5.41, 5.74) is 1.84. The molecule has 2 saturated heterocycles. The van der Waals surface area contributed by atoms with E-state index in [0.717, 1.165) is 45.0 Å². The standard InChI is InChI=1S/C25H41N3O5/c1-20(2)33-19-23(29)16-27-12-15-32-24(17-27)18-28(9-8-26-10-13-31-14-11-26)25(30)22-6-4-21(3)5-7-22/h4-7,20,23-24,29H,8-19H2,1-3H3/t23-,24-/m0/s1. The van der Waals surface area contributed by atoms with E-state index in [1.54, 1.807) is 0 Å². The lowest BCUT2D eigenvalue weighted by molar-refractivity contribution is -0.0633. The molecule has 33 heavy (non-hydrogen) atoms. The predicted octanol–water partition coefficient (Wildman–Crippen LogP) is 1.26. The van der Waals surface area contributed by atoms with Crippen molar-refractivity contribution in [3.05, 3.63) is 35.4 Å². The van der Waals surface area contributed by atoms with Gasteiger partial charge in [-0.05, 0) is 32.9 Å². The fourth-order valence-corrected chi connectivity index (χ4v) is 4.20.